The van der Waals surface area contributed by atoms with Crippen LogP contribution in [-0.2, 0) is 7.05 Å². The van der Waals surface area contributed by atoms with E-state index >= 15 is 0 Å². The number of hydrogen-bond acceptors (Lipinski definition) is 6. The molecule has 0 spiro atoms. The molecule has 1 aliphatic heterocycles. The fourth-order valence-electron chi connectivity index (χ4n) is 3.49. The van der Waals surface area contributed by atoms with Crippen LogP contribution in [0.5, 0.6) is 0 Å². The molecule has 0 aliphatic carbocycles. The Hall–Kier alpha value is -2.54. The molecule has 3 aromatic heterocycles. The molecule has 0 saturated carbocycles. The minimum atomic E-state index is 0.278. The molecule has 0 N–H and O–H groups in total. The number of para-hydroxylation sites is 1. The second kappa shape index (κ2) is 5.24. The summed E-state index contributed by atoms with van der Waals surface area (Å²) >= 11 is 1.79. The van der Waals surface area contributed by atoms with Gasteiger partial charge in [-0.05, 0) is 25.0 Å². The van der Waals surface area contributed by atoms with Gasteiger partial charge >= 0.3 is 0 Å². The van der Waals surface area contributed by atoms with Crippen molar-refractivity contribution in [2.45, 2.75) is 18.9 Å². The van der Waals surface area contributed by atoms with Crippen molar-refractivity contribution in [1.29, 1.82) is 0 Å². The summed E-state index contributed by atoms with van der Waals surface area (Å²) in [5.74, 6) is 0.967. The fourth-order valence-corrected chi connectivity index (χ4v) is 4.60. The first kappa shape index (κ1) is 13.9. The fraction of sp³-hybridized carbons (Fsp3) is 0.294. The van der Waals surface area contributed by atoms with Crippen LogP contribution in [0.1, 0.15) is 23.9 Å². The monoisotopic (exact) mass is 336 g/mol. The van der Waals surface area contributed by atoms with E-state index in [1.165, 1.54) is 9.71 Å². The smallest absolute Gasteiger partial charge is 0.163 e. The molecule has 1 saturated heterocycles. The standard InChI is InChI=1S/C17H16N6S/c1-22-15-11(9-20-22)16(19-10-18-15)23-8-4-6-13(23)17-21-12-5-2-3-7-14(12)24-17/h2-3,5,7,9-10,13H,4,6,8H2,1H3/t13-/m0/s1. The third kappa shape index (κ3) is 2.01. The van der Waals surface area contributed by atoms with Crippen LogP contribution in [0.4, 0.5) is 5.82 Å². The zero-order valence-electron chi connectivity index (χ0n) is 13.3. The van der Waals surface area contributed by atoms with E-state index in [-0.39, 0.29) is 6.04 Å². The maximum absolute atomic E-state index is 4.87. The van der Waals surface area contributed by atoms with Gasteiger partial charge in [-0.25, -0.2) is 15.0 Å². The van der Waals surface area contributed by atoms with Gasteiger partial charge in [0.1, 0.15) is 17.2 Å². The predicted octanol–water partition coefficient (Wildman–Crippen LogP) is 3.31. The SMILES string of the molecule is Cn1ncc2c(N3CCC[C@H]3c3nc4ccccc4s3)ncnc21. The highest BCUT2D eigenvalue weighted by atomic mass is 32.1. The number of fused-ring (bicyclic) bond motifs is 2. The van der Waals surface area contributed by atoms with Crippen LogP contribution in [0.2, 0.25) is 0 Å². The lowest BCUT2D eigenvalue weighted by Gasteiger charge is -2.24. The van der Waals surface area contributed by atoms with Crippen molar-refractivity contribution in [3.05, 3.63) is 41.8 Å². The Labute approximate surface area is 142 Å². The molecule has 0 bridgehead atoms. The summed E-state index contributed by atoms with van der Waals surface area (Å²) in [7, 11) is 1.91. The summed E-state index contributed by atoms with van der Waals surface area (Å²) in [4.78, 5) is 16.2. The second-order valence-corrected chi connectivity index (χ2v) is 7.14. The molecule has 1 aliphatic rings. The minimum absolute atomic E-state index is 0.278. The lowest BCUT2D eigenvalue weighted by molar-refractivity contribution is 0.708. The van der Waals surface area contributed by atoms with E-state index in [0.29, 0.717) is 0 Å². The zero-order chi connectivity index (χ0) is 16.1. The molecule has 7 heteroatoms. The Morgan fingerprint density at radius 2 is 2.12 bits per heavy atom. The molecule has 4 heterocycles. The van der Waals surface area contributed by atoms with E-state index in [1.807, 2.05) is 19.3 Å². The molecule has 5 rings (SSSR count). The van der Waals surface area contributed by atoms with Crippen LogP contribution in [0, 0.1) is 0 Å². The third-order valence-electron chi connectivity index (χ3n) is 4.63. The van der Waals surface area contributed by atoms with Gasteiger partial charge in [-0.3, -0.25) is 4.68 Å². The van der Waals surface area contributed by atoms with E-state index < -0.39 is 0 Å². The molecule has 1 fully saturated rings. The lowest BCUT2D eigenvalue weighted by Crippen LogP contribution is -2.23. The number of hydrogen-bond donors (Lipinski definition) is 0. The van der Waals surface area contributed by atoms with Crippen LogP contribution in [0.15, 0.2) is 36.8 Å². The maximum atomic E-state index is 4.87. The molecule has 0 amide bonds. The molecule has 24 heavy (non-hydrogen) atoms. The first-order valence-corrected chi connectivity index (χ1v) is 8.88. The highest BCUT2D eigenvalue weighted by molar-refractivity contribution is 7.18. The average molecular weight is 336 g/mol. The van der Waals surface area contributed by atoms with Gasteiger partial charge in [-0.15, -0.1) is 11.3 Å². The molecule has 0 unspecified atom stereocenters. The Morgan fingerprint density at radius 3 is 3.04 bits per heavy atom. The average Bonchev–Trinajstić information content (AvgIpc) is 3.32. The lowest BCUT2D eigenvalue weighted by atomic mass is 10.2. The van der Waals surface area contributed by atoms with Gasteiger partial charge in [0.05, 0.1) is 27.8 Å². The van der Waals surface area contributed by atoms with Gasteiger partial charge in [-0.1, -0.05) is 12.1 Å². The van der Waals surface area contributed by atoms with Crippen LogP contribution >= 0.6 is 11.3 Å². The van der Waals surface area contributed by atoms with E-state index in [1.54, 1.807) is 22.3 Å². The first-order valence-electron chi connectivity index (χ1n) is 8.06. The molecule has 1 atom stereocenters. The molecular weight excluding hydrogens is 320 g/mol. The largest absolute Gasteiger partial charge is 0.346 e. The summed E-state index contributed by atoms with van der Waals surface area (Å²) in [6.07, 6.45) is 5.74. The zero-order valence-corrected chi connectivity index (χ0v) is 14.1. The van der Waals surface area contributed by atoms with Crippen molar-refractivity contribution in [1.82, 2.24) is 24.7 Å². The second-order valence-electron chi connectivity index (χ2n) is 6.07. The Bertz CT molecular complexity index is 1000. The van der Waals surface area contributed by atoms with Gasteiger partial charge in [-0.2, -0.15) is 5.10 Å². The van der Waals surface area contributed by atoms with Crippen molar-refractivity contribution in [2.75, 3.05) is 11.4 Å². The van der Waals surface area contributed by atoms with Crippen molar-refractivity contribution in [3.8, 4) is 0 Å². The normalized spacial score (nSPS) is 18.0. The number of thiazole rings is 1. The van der Waals surface area contributed by atoms with Crippen molar-refractivity contribution in [2.24, 2.45) is 7.05 Å². The molecule has 1 aromatic carbocycles. The summed E-state index contributed by atoms with van der Waals surface area (Å²) in [5.41, 5.74) is 1.95. The number of aromatic nitrogens is 5. The molecule has 6 nitrogen and oxygen atoms in total. The molecule has 0 radical (unpaired) electrons. The number of anilines is 1. The Morgan fingerprint density at radius 1 is 1.21 bits per heavy atom. The van der Waals surface area contributed by atoms with E-state index in [9.17, 15) is 0 Å². The highest BCUT2D eigenvalue weighted by Crippen LogP contribution is 2.40. The molecule has 4 aromatic rings. The minimum Gasteiger partial charge on any atom is -0.346 e. The third-order valence-corrected chi connectivity index (χ3v) is 5.77. The van der Waals surface area contributed by atoms with Gasteiger partial charge in [0.25, 0.3) is 0 Å². The molecular formula is C17H16N6S. The summed E-state index contributed by atoms with van der Waals surface area (Å²) in [6, 6.07) is 8.61. The topological polar surface area (TPSA) is 59.7 Å². The van der Waals surface area contributed by atoms with E-state index in [4.69, 9.17) is 4.98 Å². The maximum Gasteiger partial charge on any atom is 0.163 e. The van der Waals surface area contributed by atoms with E-state index in [2.05, 4.69) is 38.2 Å². The van der Waals surface area contributed by atoms with Crippen molar-refractivity contribution in [3.63, 3.8) is 0 Å². The number of aryl methyl sites for hydroxylation is 1. The summed E-state index contributed by atoms with van der Waals surface area (Å²) in [5, 5.41) is 6.51. The molecule has 120 valence electrons. The number of benzene rings is 1. The van der Waals surface area contributed by atoms with Gasteiger partial charge in [0, 0.05) is 13.6 Å². The summed E-state index contributed by atoms with van der Waals surface area (Å²) < 4.78 is 3.04. The number of nitrogens with zero attached hydrogens (tertiary/aromatic N) is 6. The summed E-state index contributed by atoms with van der Waals surface area (Å²) in [6.45, 7) is 0.988. The van der Waals surface area contributed by atoms with Gasteiger partial charge in [0.2, 0.25) is 0 Å². The van der Waals surface area contributed by atoms with Crippen molar-refractivity contribution >= 4 is 38.4 Å². The van der Waals surface area contributed by atoms with Crippen LogP contribution in [0.3, 0.4) is 0 Å². The van der Waals surface area contributed by atoms with Crippen LogP contribution in [0.25, 0.3) is 21.3 Å². The van der Waals surface area contributed by atoms with Crippen LogP contribution in [-0.4, -0.2) is 31.3 Å². The van der Waals surface area contributed by atoms with Gasteiger partial charge < -0.3 is 4.90 Å². The first-order chi connectivity index (χ1) is 11.8. The Kier molecular flexibility index (Phi) is 3.02. The van der Waals surface area contributed by atoms with Crippen LogP contribution < -0.4 is 4.90 Å². The van der Waals surface area contributed by atoms with Crippen molar-refractivity contribution < 1.29 is 0 Å². The number of rotatable bonds is 2. The predicted molar refractivity (Wildman–Crippen MR) is 95.2 cm³/mol. The van der Waals surface area contributed by atoms with Gasteiger partial charge in [0.15, 0.2) is 5.65 Å². The Balaban J connectivity index is 1.61. The quantitative estimate of drug-likeness (QED) is 0.562. The van der Waals surface area contributed by atoms with E-state index in [0.717, 1.165) is 41.8 Å². The highest BCUT2D eigenvalue weighted by Gasteiger charge is 2.31.